The number of nitrogens with one attached hydrogen (secondary N) is 2. The number of fused-ring (bicyclic) bond motifs is 1. The van der Waals surface area contributed by atoms with E-state index in [2.05, 4.69) is 10.6 Å². The van der Waals surface area contributed by atoms with Crippen molar-refractivity contribution in [2.24, 2.45) is 0 Å². The van der Waals surface area contributed by atoms with Crippen LogP contribution in [0.4, 0.5) is 0 Å². The van der Waals surface area contributed by atoms with Crippen LogP contribution < -0.4 is 10.6 Å². The lowest BCUT2D eigenvalue weighted by atomic mass is 9.97. The van der Waals surface area contributed by atoms with Gasteiger partial charge in [-0.2, -0.15) is 0 Å². The van der Waals surface area contributed by atoms with E-state index in [-0.39, 0.29) is 24.3 Å². The number of rotatable bonds is 6. The molecule has 0 bridgehead atoms. The number of benzene rings is 2. The van der Waals surface area contributed by atoms with Crippen LogP contribution in [-0.2, 0) is 16.0 Å². The van der Waals surface area contributed by atoms with Crippen LogP contribution in [0.5, 0.6) is 0 Å². The van der Waals surface area contributed by atoms with Gasteiger partial charge >= 0.3 is 0 Å². The number of aliphatic hydroxyl groups excluding tert-OH is 1. The van der Waals surface area contributed by atoms with Gasteiger partial charge in [-0.05, 0) is 29.2 Å². The van der Waals surface area contributed by atoms with Gasteiger partial charge in [0.05, 0.1) is 13.0 Å². The molecule has 32 heavy (non-hydrogen) atoms. The Balaban J connectivity index is 1.54. The van der Waals surface area contributed by atoms with Crippen LogP contribution in [0.1, 0.15) is 76.2 Å². The molecule has 1 fully saturated rings. The second-order valence-electron chi connectivity index (χ2n) is 9.08. The highest BCUT2D eigenvalue weighted by Gasteiger charge is 2.23. The third kappa shape index (κ3) is 7.63. The largest absolute Gasteiger partial charge is 0.394 e. The van der Waals surface area contributed by atoms with E-state index < -0.39 is 12.6 Å². The monoisotopic (exact) mass is 438 g/mol. The van der Waals surface area contributed by atoms with Crippen LogP contribution in [0.2, 0.25) is 0 Å². The van der Waals surface area contributed by atoms with Gasteiger partial charge in [-0.3, -0.25) is 9.59 Å². The topological polar surface area (TPSA) is 78.4 Å². The first-order valence-corrected chi connectivity index (χ1v) is 12.3. The molecule has 5 heteroatoms. The first-order valence-electron chi connectivity index (χ1n) is 12.3. The highest BCUT2D eigenvalue weighted by Crippen LogP contribution is 2.19. The Labute approximate surface area is 192 Å². The Morgan fingerprint density at radius 2 is 1.44 bits per heavy atom. The summed E-state index contributed by atoms with van der Waals surface area (Å²) in [6.45, 7) is -0.403. The van der Waals surface area contributed by atoms with Gasteiger partial charge < -0.3 is 15.7 Å². The van der Waals surface area contributed by atoms with Crippen LogP contribution in [-0.4, -0.2) is 35.6 Å². The van der Waals surface area contributed by atoms with E-state index >= 15 is 0 Å². The Bertz CT molecular complexity index is 850. The molecular formula is C27H38N2O3. The molecule has 1 aliphatic rings. The van der Waals surface area contributed by atoms with Crippen molar-refractivity contribution in [2.45, 2.75) is 89.1 Å². The van der Waals surface area contributed by atoms with Crippen LogP contribution in [0, 0.1) is 0 Å². The fraction of sp³-hybridized carbons (Fsp3) is 0.556. The minimum absolute atomic E-state index is 0.117. The van der Waals surface area contributed by atoms with Gasteiger partial charge in [-0.25, -0.2) is 0 Å². The molecule has 5 nitrogen and oxygen atoms in total. The first kappa shape index (κ1) is 24.2. The number of hydrogen-bond acceptors (Lipinski definition) is 3. The molecule has 3 N–H and O–H groups in total. The van der Waals surface area contributed by atoms with Crippen molar-refractivity contribution in [2.75, 3.05) is 6.61 Å². The van der Waals surface area contributed by atoms with E-state index in [9.17, 15) is 14.7 Å². The maximum atomic E-state index is 12.8. The summed E-state index contributed by atoms with van der Waals surface area (Å²) in [5.74, 6) is -0.537. The van der Waals surface area contributed by atoms with Crippen molar-refractivity contribution < 1.29 is 14.7 Å². The summed E-state index contributed by atoms with van der Waals surface area (Å²) in [6, 6.07) is 13.0. The average Bonchev–Trinajstić information content (AvgIpc) is 2.79. The number of carbonyl (C=O) groups excluding carboxylic acids is 2. The highest BCUT2D eigenvalue weighted by molar-refractivity contribution is 5.92. The van der Waals surface area contributed by atoms with Crippen molar-refractivity contribution in [1.82, 2.24) is 10.6 Å². The molecule has 2 aromatic rings. The molecule has 0 aromatic heterocycles. The third-order valence-electron chi connectivity index (χ3n) is 6.52. The lowest BCUT2D eigenvalue weighted by molar-refractivity contribution is -0.130. The molecule has 174 valence electrons. The lowest BCUT2D eigenvalue weighted by Gasteiger charge is -2.23. The summed E-state index contributed by atoms with van der Waals surface area (Å²) in [5.41, 5.74) is 0.914. The molecule has 2 amide bonds. The molecule has 0 radical (unpaired) electrons. The second kappa shape index (κ2) is 13.2. The quantitative estimate of drug-likeness (QED) is 0.614. The van der Waals surface area contributed by atoms with Gasteiger partial charge in [0.25, 0.3) is 0 Å². The standard InChI is InChI=1S/C27H38N2O3/c30-20-25(27(32)28-23-16-8-6-4-2-1-3-5-7-9-17-23)29-26(31)19-22-15-12-14-21-13-10-11-18-24(21)22/h10-15,18,23,25,30H,1-9,16-17,19-20H2,(H,28,32)(H,29,31). The Morgan fingerprint density at radius 3 is 2.09 bits per heavy atom. The molecule has 1 aliphatic carbocycles. The van der Waals surface area contributed by atoms with Crippen molar-refractivity contribution in [3.63, 3.8) is 0 Å². The van der Waals surface area contributed by atoms with E-state index in [1.54, 1.807) is 0 Å². The van der Waals surface area contributed by atoms with Gasteiger partial charge in [-0.15, -0.1) is 0 Å². The van der Waals surface area contributed by atoms with Crippen molar-refractivity contribution in [3.05, 3.63) is 48.0 Å². The van der Waals surface area contributed by atoms with Crippen molar-refractivity contribution in [3.8, 4) is 0 Å². The maximum Gasteiger partial charge on any atom is 0.245 e. The average molecular weight is 439 g/mol. The van der Waals surface area contributed by atoms with Gasteiger partial charge in [-0.1, -0.05) is 100 Å². The third-order valence-corrected chi connectivity index (χ3v) is 6.52. The molecule has 1 atom stereocenters. The number of hydrogen-bond donors (Lipinski definition) is 3. The lowest BCUT2D eigenvalue weighted by Crippen LogP contribution is -2.51. The van der Waals surface area contributed by atoms with Crippen LogP contribution in [0.25, 0.3) is 10.8 Å². The normalized spacial score (nSPS) is 17.7. The Morgan fingerprint density at radius 1 is 0.844 bits per heavy atom. The van der Waals surface area contributed by atoms with Gasteiger partial charge in [0, 0.05) is 6.04 Å². The molecule has 2 aromatic carbocycles. The molecule has 3 rings (SSSR count). The predicted octanol–water partition coefficient (Wildman–Crippen LogP) is 4.65. The minimum Gasteiger partial charge on any atom is -0.394 e. The molecule has 0 saturated heterocycles. The Kier molecular flexibility index (Phi) is 10.0. The molecular weight excluding hydrogens is 400 g/mol. The highest BCUT2D eigenvalue weighted by atomic mass is 16.3. The summed E-state index contributed by atoms with van der Waals surface area (Å²) >= 11 is 0. The van der Waals surface area contributed by atoms with E-state index in [4.69, 9.17) is 0 Å². The van der Waals surface area contributed by atoms with Gasteiger partial charge in [0.2, 0.25) is 11.8 Å². The van der Waals surface area contributed by atoms with Crippen LogP contribution in [0.15, 0.2) is 42.5 Å². The summed E-state index contributed by atoms with van der Waals surface area (Å²) in [6.07, 6.45) is 13.2. The zero-order valence-corrected chi connectivity index (χ0v) is 19.2. The minimum atomic E-state index is -0.918. The van der Waals surface area contributed by atoms with E-state index in [1.807, 2.05) is 42.5 Å². The van der Waals surface area contributed by atoms with E-state index in [0.717, 1.165) is 42.0 Å². The molecule has 0 heterocycles. The maximum absolute atomic E-state index is 12.8. The summed E-state index contributed by atoms with van der Waals surface area (Å²) in [4.78, 5) is 25.5. The SMILES string of the molecule is O=C(Cc1cccc2ccccc12)NC(CO)C(=O)NC1CCCCCCCCCCC1. The molecule has 1 unspecified atom stereocenters. The molecule has 0 aliphatic heterocycles. The number of carbonyl (C=O) groups is 2. The van der Waals surface area contributed by atoms with Crippen molar-refractivity contribution >= 4 is 22.6 Å². The van der Waals surface area contributed by atoms with Crippen LogP contribution in [0.3, 0.4) is 0 Å². The van der Waals surface area contributed by atoms with E-state index in [0.29, 0.717) is 0 Å². The summed E-state index contributed by atoms with van der Waals surface area (Å²) in [5, 5.41) is 17.7. The smallest absolute Gasteiger partial charge is 0.245 e. The van der Waals surface area contributed by atoms with Gasteiger partial charge in [0.15, 0.2) is 0 Å². The zero-order valence-electron chi connectivity index (χ0n) is 19.2. The van der Waals surface area contributed by atoms with Crippen LogP contribution >= 0.6 is 0 Å². The van der Waals surface area contributed by atoms with Gasteiger partial charge in [0.1, 0.15) is 6.04 Å². The first-order chi connectivity index (χ1) is 15.7. The van der Waals surface area contributed by atoms with E-state index in [1.165, 1.54) is 44.9 Å². The molecule has 0 spiro atoms. The fourth-order valence-corrected chi connectivity index (χ4v) is 4.67. The van der Waals surface area contributed by atoms with Crippen molar-refractivity contribution in [1.29, 1.82) is 0 Å². The predicted molar refractivity (Wildman–Crippen MR) is 129 cm³/mol. The number of aliphatic hydroxyl groups is 1. The number of amides is 2. The fourth-order valence-electron chi connectivity index (χ4n) is 4.67. The summed E-state index contributed by atoms with van der Waals surface area (Å²) in [7, 11) is 0. The summed E-state index contributed by atoms with van der Waals surface area (Å²) < 4.78 is 0. The molecule has 1 saturated carbocycles. The Hall–Kier alpha value is -2.40. The second-order valence-corrected chi connectivity index (χ2v) is 9.08. The zero-order chi connectivity index (χ0) is 22.6.